The molecule has 5 nitrogen and oxygen atoms in total. The van der Waals surface area contributed by atoms with Crippen molar-refractivity contribution in [2.24, 2.45) is 0 Å². The van der Waals surface area contributed by atoms with Crippen LogP contribution < -0.4 is 10.1 Å². The lowest BCUT2D eigenvalue weighted by atomic mass is 10.3. The van der Waals surface area contributed by atoms with Crippen LogP contribution in [0.2, 0.25) is 10.0 Å². The van der Waals surface area contributed by atoms with Gasteiger partial charge >= 0.3 is 5.97 Å². The summed E-state index contributed by atoms with van der Waals surface area (Å²) in [4.78, 5) is 22.5. The molecule has 0 spiro atoms. The molecule has 1 rings (SSSR count). The second-order valence-electron chi connectivity index (χ2n) is 3.57. The third-order valence-corrected chi connectivity index (χ3v) is 3.13. The summed E-state index contributed by atoms with van der Waals surface area (Å²) in [6, 6.07) is 3.10. The van der Waals surface area contributed by atoms with Crippen LogP contribution in [0.1, 0.15) is 6.92 Å². The van der Waals surface area contributed by atoms with Gasteiger partial charge < -0.3 is 14.8 Å². The Kier molecular flexibility index (Phi) is 7.12. The van der Waals surface area contributed by atoms with E-state index in [0.29, 0.717) is 15.2 Å². The van der Waals surface area contributed by atoms with Crippen LogP contribution in [-0.2, 0) is 14.3 Å². The number of halogens is 3. The number of esters is 1. The van der Waals surface area contributed by atoms with E-state index in [2.05, 4.69) is 26.0 Å². The van der Waals surface area contributed by atoms with Gasteiger partial charge in [0.25, 0.3) is 5.91 Å². The highest BCUT2D eigenvalue weighted by Gasteiger charge is 2.12. The van der Waals surface area contributed by atoms with Gasteiger partial charge in [0.1, 0.15) is 6.54 Å². The van der Waals surface area contributed by atoms with Crippen LogP contribution in [0.4, 0.5) is 0 Å². The van der Waals surface area contributed by atoms with Crippen LogP contribution >= 0.6 is 39.1 Å². The van der Waals surface area contributed by atoms with Gasteiger partial charge in [0.15, 0.2) is 12.4 Å². The first-order chi connectivity index (χ1) is 9.43. The van der Waals surface area contributed by atoms with Crippen LogP contribution in [0.25, 0.3) is 0 Å². The second kappa shape index (κ2) is 8.34. The van der Waals surface area contributed by atoms with Crippen LogP contribution in [0.15, 0.2) is 16.6 Å². The summed E-state index contributed by atoms with van der Waals surface area (Å²) in [7, 11) is 0. The van der Waals surface area contributed by atoms with Crippen LogP contribution in [0.3, 0.4) is 0 Å². The van der Waals surface area contributed by atoms with Gasteiger partial charge in [-0.2, -0.15) is 0 Å². The van der Waals surface area contributed by atoms with E-state index in [1.807, 2.05) is 0 Å². The largest absolute Gasteiger partial charge is 0.481 e. The minimum absolute atomic E-state index is 0.203. The Hall–Kier alpha value is -0.980. The quantitative estimate of drug-likeness (QED) is 0.766. The van der Waals surface area contributed by atoms with Crippen molar-refractivity contribution in [3.8, 4) is 5.75 Å². The number of carbonyl (C=O) groups is 2. The molecule has 1 aromatic carbocycles. The minimum Gasteiger partial charge on any atom is -0.481 e. The van der Waals surface area contributed by atoms with E-state index in [1.165, 1.54) is 6.07 Å². The van der Waals surface area contributed by atoms with Gasteiger partial charge in [-0.1, -0.05) is 23.2 Å². The molecule has 0 atom stereocenters. The van der Waals surface area contributed by atoms with Gasteiger partial charge in [-0.05, 0) is 35.0 Å². The highest BCUT2D eigenvalue weighted by Crippen LogP contribution is 2.35. The highest BCUT2D eigenvalue weighted by molar-refractivity contribution is 9.10. The molecule has 1 amide bonds. The molecule has 0 radical (unpaired) electrons. The monoisotopic (exact) mass is 383 g/mol. The molecule has 0 aromatic heterocycles. The van der Waals surface area contributed by atoms with E-state index in [4.69, 9.17) is 27.9 Å². The first-order valence-electron chi connectivity index (χ1n) is 5.63. The number of hydrogen-bond acceptors (Lipinski definition) is 4. The van der Waals surface area contributed by atoms with E-state index in [1.54, 1.807) is 13.0 Å². The first kappa shape index (κ1) is 17.1. The number of hydrogen-bond donors (Lipinski definition) is 1. The maximum Gasteiger partial charge on any atom is 0.325 e. The number of ether oxygens (including phenoxy) is 2. The average molecular weight is 385 g/mol. The summed E-state index contributed by atoms with van der Waals surface area (Å²) in [6.07, 6.45) is 0. The lowest BCUT2D eigenvalue weighted by Gasteiger charge is -2.10. The van der Waals surface area contributed by atoms with Crippen molar-refractivity contribution in [3.63, 3.8) is 0 Å². The van der Waals surface area contributed by atoms with Gasteiger partial charge in [-0.15, -0.1) is 0 Å². The topological polar surface area (TPSA) is 64.6 Å². The Morgan fingerprint density at radius 1 is 1.35 bits per heavy atom. The zero-order chi connectivity index (χ0) is 15.1. The number of amides is 1. The highest BCUT2D eigenvalue weighted by atomic mass is 79.9. The second-order valence-corrected chi connectivity index (χ2v) is 5.27. The minimum atomic E-state index is -0.508. The average Bonchev–Trinajstić information content (AvgIpc) is 2.35. The SMILES string of the molecule is CCOC(=O)CNC(=O)COc1c(Cl)cc(Cl)cc1Br. The van der Waals surface area contributed by atoms with E-state index in [9.17, 15) is 9.59 Å². The number of rotatable bonds is 6. The Morgan fingerprint density at radius 2 is 2.05 bits per heavy atom. The maximum atomic E-state index is 11.5. The van der Waals surface area contributed by atoms with Gasteiger partial charge in [0, 0.05) is 5.02 Å². The fourth-order valence-corrected chi connectivity index (χ4v) is 2.61. The van der Waals surface area contributed by atoms with Crippen LogP contribution in [0.5, 0.6) is 5.75 Å². The molecule has 0 heterocycles. The number of carbonyl (C=O) groups excluding carboxylic acids is 2. The molecule has 0 unspecified atom stereocenters. The predicted molar refractivity (Wildman–Crippen MR) is 79.3 cm³/mol. The van der Waals surface area contributed by atoms with Crippen LogP contribution in [0, 0.1) is 0 Å². The van der Waals surface area contributed by atoms with Crippen molar-refractivity contribution in [2.75, 3.05) is 19.8 Å². The Morgan fingerprint density at radius 3 is 2.65 bits per heavy atom. The summed E-state index contributed by atoms with van der Waals surface area (Å²) in [5.74, 6) is -0.662. The molecule has 8 heteroatoms. The molecule has 20 heavy (non-hydrogen) atoms. The van der Waals surface area contributed by atoms with Gasteiger partial charge in [-0.3, -0.25) is 9.59 Å². The van der Waals surface area contributed by atoms with Crippen LogP contribution in [-0.4, -0.2) is 31.6 Å². The maximum absolute atomic E-state index is 11.5. The van der Waals surface area contributed by atoms with E-state index in [-0.39, 0.29) is 24.8 Å². The molecule has 0 fully saturated rings. The van der Waals surface area contributed by atoms with Crippen molar-refractivity contribution in [2.45, 2.75) is 6.92 Å². The molecular weight excluding hydrogens is 373 g/mol. The third kappa shape index (κ3) is 5.56. The lowest BCUT2D eigenvalue weighted by molar-refractivity contribution is -0.143. The lowest BCUT2D eigenvalue weighted by Crippen LogP contribution is -2.34. The molecule has 0 aliphatic rings. The standard InChI is InChI=1S/C12H12BrCl2NO4/c1-2-19-11(18)5-16-10(17)6-20-12-8(13)3-7(14)4-9(12)15/h3-4H,2,5-6H2,1H3,(H,16,17). The van der Waals surface area contributed by atoms with Crippen molar-refractivity contribution in [1.82, 2.24) is 5.32 Å². The molecular formula is C12H12BrCl2NO4. The third-order valence-electron chi connectivity index (χ3n) is 2.05. The molecule has 1 aromatic rings. The predicted octanol–water partition coefficient (Wildman–Crippen LogP) is 2.81. The summed E-state index contributed by atoms with van der Waals surface area (Å²) in [5, 5.41) is 3.09. The fourth-order valence-electron chi connectivity index (χ4n) is 1.24. The summed E-state index contributed by atoms with van der Waals surface area (Å²) in [5.41, 5.74) is 0. The number of nitrogens with one attached hydrogen (secondary N) is 1. The molecule has 110 valence electrons. The van der Waals surface area contributed by atoms with E-state index in [0.717, 1.165) is 0 Å². The summed E-state index contributed by atoms with van der Waals surface area (Å²) >= 11 is 15.0. The van der Waals surface area contributed by atoms with E-state index >= 15 is 0 Å². The van der Waals surface area contributed by atoms with Gasteiger partial charge in [0.05, 0.1) is 16.1 Å². The molecule has 0 bridgehead atoms. The summed E-state index contributed by atoms with van der Waals surface area (Å²) in [6.45, 7) is 1.46. The van der Waals surface area contributed by atoms with Crippen molar-refractivity contribution >= 4 is 51.0 Å². The molecule has 0 aliphatic heterocycles. The molecule has 1 N–H and O–H groups in total. The zero-order valence-electron chi connectivity index (χ0n) is 10.5. The van der Waals surface area contributed by atoms with Crippen molar-refractivity contribution < 1.29 is 19.1 Å². The fraction of sp³-hybridized carbons (Fsp3) is 0.333. The van der Waals surface area contributed by atoms with Gasteiger partial charge in [0.2, 0.25) is 0 Å². The molecule has 0 aliphatic carbocycles. The normalized spacial score (nSPS) is 10.0. The summed E-state index contributed by atoms with van der Waals surface area (Å²) < 4.78 is 10.5. The Labute approximate surface area is 134 Å². The van der Waals surface area contributed by atoms with Gasteiger partial charge in [-0.25, -0.2) is 0 Å². The first-order valence-corrected chi connectivity index (χ1v) is 7.18. The van der Waals surface area contributed by atoms with Crippen molar-refractivity contribution in [1.29, 1.82) is 0 Å². The smallest absolute Gasteiger partial charge is 0.325 e. The zero-order valence-corrected chi connectivity index (χ0v) is 13.6. The Balaban J connectivity index is 2.47. The van der Waals surface area contributed by atoms with E-state index < -0.39 is 11.9 Å². The van der Waals surface area contributed by atoms with Crippen molar-refractivity contribution in [3.05, 3.63) is 26.7 Å². The number of benzene rings is 1. The Bertz CT molecular complexity index is 487. The molecule has 0 saturated heterocycles. The molecule has 0 saturated carbocycles.